The van der Waals surface area contributed by atoms with Gasteiger partial charge in [0.25, 0.3) is 11.7 Å². The van der Waals surface area contributed by atoms with Crippen molar-refractivity contribution in [2.45, 2.75) is 25.8 Å². The molecule has 0 atom stereocenters. The number of hydrogen-bond donors (Lipinski definition) is 1. The molecule has 206 valence electrons. The molecule has 5 rings (SSSR count). The Bertz CT molecular complexity index is 1300. The van der Waals surface area contributed by atoms with Gasteiger partial charge in [-0.1, -0.05) is 18.2 Å². The lowest BCUT2D eigenvalue weighted by molar-refractivity contribution is -0.130. The van der Waals surface area contributed by atoms with Crippen LogP contribution in [0.5, 0.6) is 5.75 Å². The van der Waals surface area contributed by atoms with Crippen molar-refractivity contribution in [1.82, 2.24) is 19.7 Å². The van der Waals surface area contributed by atoms with Gasteiger partial charge in [0.15, 0.2) is 0 Å². The summed E-state index contributed by atoms with van der Waals surface area (Å²) in [7, 11) is 1.67. The highest BCUT2D eigenvalue weighted by molar-refractivity contribution is 6.45. The maximum atomic E-state index is 13.1. The highest BCUT2D eigenvalue weighted by Gasteiger charge is 2.24. The number of anilines is 1. The summed E-state index contributed by atoms with van der Waals surface area (Å²) in [5.41, 5.74) is 2.32. The van der Waals surface area contributed by atoms with Crippen LogP contribution in [0.3, 0.4) is 0 Å². The Morgan fingerprint density at radius 1 is 0.897 bits per heavy atom. The van der Waals surface area contributed by atoms with Crippen LogP contribution >= 0.6 is 0 Å². The first-order valence-electron chi connectivity index (χ1n) is 13.8. The van der Waals surface area contributed by atoms with Gasteiger partial charge in [0.1, 0.15) is 12.3 Å². The van der Waals surface area contributed by atoms with Crippen molar-refractivity contribution in [2.24, 2.45) is 0 Å². The minimum atomic E-state index is -0.604. The Hall–Kier alpha value is -3.85. The molecule has 0 radical (unpaired) electrons. The molecule has 9 heteroatoms. The van der Waals surface area contributed by atoms with Crippen molar-refractivity contribution in [3.8, 4) is 5.75 Å². The van der Waals surface area contributed by atoms with Gasteiger partial charge in [-0.3, -0.25) is 19.3 Å². The first-order valence-corrected chi connectivity index (χ1v) is 13.8. The van der Waals surface area contributed by atoms with E-state index in [1.54, 1.807) is 17.9 Å². The standard InChI is InChI=1S/C30H37N5O4/c1-39-24-11-9-23(10-12-24)33-19-17-32(18-20-33)14-6-13-31-30(38)29(37)26-21-35(27-8-3-2-7-25(26)27)22-28(36)34-15-4-5-16-34/h2-3,7-12,21H,4-6,13-20,22H2,1H3,(H,31,38). The van der Waals surface area contributed by atoms with E-state index in [9.17, 15) is 14.4 Å². The number of para-hydroxylation sites is 1. The number of nitrogens with zero attached hydrogens (tertiary/aromatic N) is 4. The fraction of sp³-hybridized carbons (Fsp3) is 0.433. The van der Waals surface area contributed by atoms with Gasteiger partial charge in [-0.15, -0.1) is 0 Å². The van der Waals surface area contributed by atoms with Crippen LogP contribution in [0.1, 0.15) is 29.6 Å². The lowest BCUT2D eigenvalue weighted by atomic mass is 10.1. The molecule has 1 N–H and O–H groups in total. The Morgan fingerprint density at radius 2 is 1.62 bits per heavy atom. The molecule has 0 spiro atoms. The summed E-state index contributed by atoms with van der Waals surface area (Å²) < 4.78 is 7.04. The maximum absolute atomic E-state index is 13.1. The quantitative estimate of drug-likeness (QED) is 0.246. The van der Waals surface area contributed by atoms with E-state index in [0.717, 1.165) is 76.3 Å². The summed E-state index contributed by atoms with van der Waals surface area (Å²) >= 11 is 0. The number of fused-ring (bicyclic) bond motifs is 1. The predicted molar refractivity (Wildman–Crippen MR) is 151 cm³/mol. The number of likely N-dealkylation sites (tertiary alicyclic amines) is 1. The molecule has 0 aliphatic carbocycles. The minimum absolute atomic E-state index is 0.0431. The molecule has 2 aliphatic rings. The van der Waals surface area contributed by atoms with Crippen molar-refractivity contribution in [2.75, 3.05) is 64.4 Å². The van der Waals surface area contributed by atoms with Crippen molar-refractivity contribution >= 4 is 34.2 Å². The van der Waals surface area contributed by atoms with Gasteiger partial charge in [-0.25, -0.2) is 0 Å². The molecular formula is C30H37N5O4. The molecule has 2 aliphatic heterocycles. The van der Waals surface area contributed by atoms with E-state index in [1.165, 1.54) is 5.69 Å². The van der Waals surface area contributed by atoms with Gasteiger partial charge in [-0.05, 0) is 56.1 Å². The molecule has 0 bridgehead atoms. The summed E-state index contributed by atoms with van der Waals surface area (Å²) in [6.45, 7) is 6.83. The lowest BCUT2D eigenvalue weighted by Gasteiger charge is -2.36. The number of amides is 2. The van der Waals surface area contributed by atoms with E-state index in [4.69, 9.17) is 4.74 Å². The van der Waals surface area contributed by atoms with Crippen LogP contribution in [-0.2, 0) is 16.1 Å². The predicted octanol–water partition coefficient (Wildman–Crippen LogP) is 2.78. The van der Waals surface area contributed by atoms with E-state index < -0.39 is 11.7 Å². The molecule has 39 heavy (non-hydrogen) atoms. The van der Waals surface area contributed by atoms with Crippen molar-refractivity contribution < 1.29 is 19.1 Å². The lowest BCUT2D eigenvalue weighted by Crippen LogP contribution is -2.47. The number of carbonyl (C=O) groups excluding carboxylic acids is 3. The average molecular weight is 532 g/mol. The number of ether oxygens (including phenoxy) is 1. The number of benzene rings is 2. The number of piperazine rings is 1. The van der Waals surface area contributed by atoms with E-state index in [2.05, 4.69) is 27.2 Å². The molecule has 2 fully saturated rings. The van der Waals surface area contributed by atoms with E-state index in [-0.39, 0.29) is 12.5 Å². The number of nitrogens with one attached hydrogen (secondary N) is 1. The van der Waals surface area contributed by atoms with Gasteiger partial charge in [-0.2, -0.15) is 0 Å². The topological polar surface area (TPSA) is 87.1 Å². The third kappa shape index (κ3) is 6.25. The van der Waals surface area contributed by atoms with Crippen LogP contribution in [-0.4, -0.2) is 91.4 Å². The summed E-state index contributed by atoms with van der Waals surface area (Å²) in [4.78, 5) is 45.2. The van der Waals surface area contributed by atoms with Gasteiger partial charge in [0.2, 0.25) is 5.91 Å². The first-order chi connectivity index (χ1) is 19.0. The number of Topliss-reactive ketones (excluding diaryl/α,β-unsaturated/α-hetero) is 1. The highest BCUT2D eigenvalue weighted by Crippen LogP contribution is 2.23. The smallest absolute Gasteiger partial charge is 0.292 e. The van der Waals surface area contributed by atoms with Gasteiger partial charge in [0.05, 0.1) is 12.7 Å². The molecule has 2 aromatic carbocycles. The molecule has 0 saturated carbocycles. The Kier molecular flexibility index (Phi) is 8.46. The van der Waals surface area contributed by atoms with Gasteiger partial charge >= 0.3 is 0 Å². The largest absolute Gasteiger partial charge is 0.497 e. The molecule has 3 aromatic rings. The molecule has 3 heterocycles. The fourth-order valence-electron chi connectivity index (χ4n) is 5.50. The Labute approximate surface area is 229 Å². The maximum Gasteiger partial charge on any atom is 0.292 e. The monoisotopic (exact) mass is 531 g/mol. The van der Waals surface area contributed by atoms with Crippen molar-refractivity contribution in [1.29, 1.82) is 0 Å². The summed E-state index contributed by atoms with van der Waals surface area (Å²) in [5, 5.41) is 3.50. The number of hydrogen-bond acceptors (Lipinski definition) is 6. The molecule has 9 nitrogen and oxygen atoms in total. The second kappa shape index (κ2) is 12.3. The molecule has 0 unspecified atom stereocenters. The number of carbonyl (C=O) groups is 3. The van der Waals surface area contributed by atoms with Crippen molar-refractivity contribution in [3.05, 3.63) is 60.3 Å². The van der Waals surface area contributed by atoms with E-state index in [1.807, 2.05) is 41.3 Å². The number of ketones is 1. The Balaban J connectivity index is 1.09. The summed E-state index contributed by atoms with van der Waals surface area (Å²) in [6.07, 6.45) is 4.49. The molecule has 1 aromatic heterocycles. The van der Waals surface area contributed by atoms with Crippen molar-refractivity contribution in [3.63, 3.8) is 0 Å². The second-order valence-electron chi connectivity index (χ2n) is 10.2. The highest BCUT2D eigenvalue weighted by atomic mass is 16.5. The zero-order valence-electron chi connectivity index (χ0n) is 22.6. The van der Waals surface area contributed by atoms with E-state index >= 15 is 0 Å². The zero-order valence-corrected chi connectivity index (χ0v) is 22.6. The normalized spacial score (nSPS) is 16.0. The third-order valence-corrected chi connectivity index (χ3v) is 7.75. The second-order valence-corrected chi connectivity index (χ2v) is 10.2. The van der Waals surface area contributed by atoms with Crippen LogP contribution in [0, 0.1) is 0 Å². The fourth-order valence-corrected chi connectivity index (χ4v) is 5.50. The molecule has 2 amide bonds. The van der Waals surface area contributed by atoms with Crippen LogP contribution in [0.4, 0.5) is 5.69 Å². The third-order valence-electron chi connectivity index (χ3n) is 7.75. The Morgan fingerprint density at radius 3 is 2.33 bits per heavy atom. The summed E-state index contributed by atoms with van der Waals surface area (Å²) in [6, 6.07) is 15.6. The molecular weight excluding hydrogens is 494 g/mol. The number of methoxy groups -OCH3 is 1. The van der Waals surface area contributed by atoms with Crippen LogP contribution < -0.4 is 15.0 Å². The summed E-state index contributed by atoms with van der Waals surface area (Å²) in [5.74, 6) is -0.266. The van der Waals surface area contributed by atoms with Crippen LogP contribution in [0.25, 0.3) is 10.9 Å². The van der Waals surface area contributed by atoms with Crippen LogP contribution in [0.2, 0.25) is 0 Å². The number of aromatic nitrogens is 1. The van der Waals surface area contributed by atoms with Gasteiger partial charge in [0, 0.05) is 68.6 Å². The van der Waals surface area contributed by atoms with E-state index in [0.29, 0.717) is 17.5 Å². The number of rotatable bonds is 10. The minimum Gasteiger partial charge on any atom is -0.497 e. The van der Waals surface area contributed by atoms with Crippen LogP contribution in [0.15, 0.2) is 54.7 Å². The van der Waals surface area contributed by atoms with Gasteiger partial charge < -0.3 is 24.4 Å². The first kappa shape index (κ1) is 26.7. The average Bonchev–Trinajstić information content (AvgIpc) is 3.64. The zero-order chi connectivity index (χ0) is 27.2. The SMILES string of the molecule is COc1ccc(N2CCN(CCCNC(=O)C(=O)c3cn(CC(=O)N4CCCC4)c4ccccc34)CC2)cc1. The molecule has 2 saturated heterocycles.